The standard InChI is InChI=1S/C22H22ClN3O4/c1-4-29-7-8-30-19-10-14-15(11-18(19)28-3)21(13-5-6-17(27)16(23)9-13)24-22-20(14)12(2)25-26-22/h5-6,9-11,27H,4,7-8H2,1-3H3,(H,24,25,26). The van der Waals surface area contributed by atoms with Gasteiger partial charge in [-0.15, -0.1) is 0 Å². The van der Waals surface area contributed by atoms with E-state index in [1.807, 2.05) is 26.0 Å². The summed E-state index contributed by atoms with van der Waals surface area (Å²) in [5, 5.41) is 20.1. The van der Waals surface area contributed by atoms with Crippen LogP contribution in [0.4, 0.5) is 0 Å². The number of phenols is 1. The van der Waals surface area contributed by atoms with E-state index in [0.717, 1.165) is 27.4 Å². The molecule has 156 valence electrons. The number of aryl methyl sites for hydroxylation is 1. The smallest absolute Gasteiger partial charge is 0.161 e. The molecule has 0 aliphatic heterocycles. The highest BCUT2D eigenvalue weighted by Crippen LogP contribution is 2.41. The molecule has 0 saturated carbocycles. The first-order chi connectivity index (χ1) is 14.5. The predicted molar refractivity (Wildman–Crippen MR) is 117 cm³/mol. The number of benzene rings is 2. The summed E-state index contributed by atoms with van der Waals surface area (Å²) in [6.07, 6.45) is 0. The molecule has 0 bridgehead atoms. The summed E-state index contributed by atoms with van der Waals surface area (Å²) < 4.78 is 16.9. The van der Waals surface area contributed by atoms with Crippen LogP contribution in [-0.2, 0) is 4.74 Å². The third-order valence-corrected chi connectivity index (χ3v) is 5.19. The minimum absolute atomic E-state index is 0.0192. The molecule has 30 heavy (non-hydrogen) atoms. The molecule has 7 nitrogen and oxygen atoms in total. The van der Waals surface area contributed by atoms with E-state index in [2.05, 4.69) is 10.2 Å². The topological polar surface area (TPSA) is 89.5 Å². The molecule has 0 atom stereocenters. The fraction of sp³-hybridized carbons (Fsp3) is 0.273. The summed E-state index contributed by atoms with van der Waals surface area (Å²) in [4.78, 5) is 4.78. The number of halogens is 1. The SMILES string of the molecule is CCOCCOc1cc2c(cc1OC)c(-c1ccc(O)c(Cl)c1)nc1[nH]nc(C)c12. The Morgan fingerprint density at radius 2 is 1.90 bits per heavy atom. The molecule has 4 rings (SSSR count). The fourth-order valence-corrected chi connectivity index (χ4v) is 3.64. The molecular weight excluding hydrogens is 406 g/mol. The predicted octanol–water partition coefficient (Wildman–Crippen LogP) is 4.87. The third kappa shape index (κ3) is 3.62. The molecule has 0 spiro atoms. The number of aromatic hydroxyl groups is 1. The van der Waals surface area contributed by atoms with Crippen molar-refractivity contribution in [3.63, 3.8) is 0 Å². The van der Waals surface area contributed by atoms with Crippen LogP contribution in [0.25, 0.3) is 33.1 Å². The van der Waals surface area contributed by atoms with Crippen molar-refractivity contribution in [2.75, 3.05) is 26.9 Å². The van der Waals surface area contributed by atoms with Gasteiger partial charge in [-0.1, -0.05) is 11.6 Å². The molecule has 0 aliphatic rings. The van der Waals surface area contributed by atoms with Gasteiger partial charge in [-0.2, -0.15) is 5.10 Å². The van der Waals surface area contributed by atoms with E-state index < -0.39 is 0 Å². The summed E-state index contributed by atoms with van der Waals surface area (Å²) in [5.74, 6) is 1.23. The molecule has 2 N–H and O–H groups in total. The number of nitrogens with one attached hydrogen (secondary N) is 1. The number of fused-ring (bicyclic) bond motifs is 3. The molecule has 0 saturated heterocycles. The number of aromatic amines is 1. The van der Waals surface area contributed by atoms with Gasteiger partial charge in [0.05, 0.1) is 30.1 Å². The van der Waals surface area contributed by atoms with Gasteiger partial charge in [0, 0.05) is 28.3 Å². The number of methoxy groups -OCH3 is 1. The van der Waals surface area contributed by atoms with Crippen LogP contribution in [0, 0.1) is 6.92 Å². The van der Waals surface area contributed by atoms with Crippen molar-refractivity contribution >= 4 is 33.4 Å². The first-order valence-electron chi connectivity index (χ1n) is 9.59. The van der Waals surface area contributed by atoms with Crippen molar-refractivity contribution < 1.29 is 19.3 Å². The molecule has 0 amide bonds. The molecule has 0 unspecified atom stereocenters. The Kier molecular flexibility index (Phi) is 5.65. The Balaban J connectivity index is 1.95. The highest BCUT2D eigenvalue weighted by molar-refractivity contribution is 6.32. The molecule has 2 aromatic heterocycles. The van der Waals surface area contributed by atoms with Gasteiger partial charge >= 0.3 is 0 Å². The number of hydrogen-bond acceptors (Lipinski definition) is 6. The average molecular weight is 428 g/mol. The summed E-state index contributed by atoms with van der Waals surface area (Å²) in [6.45, 7) is 5.41. The lowest BCUT2D eigenvalue weighted by Crippen LogP contribution is -2.07. The number of aromatic nitrogens is 3. The normalized spacial score (nSPS) is 11.3. The van der Waals surface area contributed by atoms with Gasteiger partial charge in [-0.05, 0) is 44.2 Å². The van der Waals surface area contributed by atoms with Crippen LogP contribution < -0.4 is 9.47 Å². The third-order valence-electron chi connectivity index (χ3n) is 4.89. The van der Waals surface area contributed by atoms with Crippen molar-refractivity contribution in [1.82, 2.24) is 15.2 Å². The van der Waals surface area contributed by atoms with Gasteiger partial charge in [0.15, 0.2) is 17.1 Å². The molecule has 0 fully saturated rings. The van der Waals surface area contributed by atoms with Crippen molar-refractivity contribution in [2.45, 2.75) is 13.8 Å². The van der Waals surface area contributed by atoms with Crippen molar-refractivity contribution in [3.8, 4) is 28.5 Å². The van der Waals surface area contributed by atoms with Crippen molar-refractivity contribution in [2.24, 2.45) is 0 Å². The van der Waals surface area contributed by atoms with Crippen LogP contribution >= 0.6 is 11.6 Å². The largest absolute Gasteiger partial charge is 0.506 e. The highest BCUT2D eigenvalue weighted by atomic mass is 35.5. The molecule has 0 radical (unpaired) electrons. The number of phenolic OH excluding ortho intramolecular Hbond substituents is 1. The Hall–Kier alpha value is -3.03. The van der Waals surface area contributed by atoms with Crippen LogP contribution in [0.3, 0.4) is 0 Å². The van der Waals surface area contributed by atoms with Crippen LogP contribution in [0.5, 0.6) is 17.2 Å². The van der Waals surface area contributed by atoms with E-state index in [0.29, 0.717) is 42.7 Å². The van der Waals surface area contributed by atoms with Crippen molar-refractivity contribution in [3.05, 3.63) is 41.0 Å². The second kappa shape index (κ2) is 8.38. The lowest BCUT2D eigenvalue weighted by Gasteiger charge is -2.15. The van der Waals surface area contributed by atoms with E-state index in [-0.39, 0.29) is 10.8 Å². The molecular formula is C22H22ClN3O4. The lowest BCUT2D eigenvalue weighted by molar-refractivity contribution is 0.109. The monoisotopic (exact) mass is 427 g/mol. The van der Waals surface area contributed by atoms with Gasteiger partial charge in [0.25, 0.3) is 0 Å². The number of nitrogens with zero attached hydrogens (tertiary/aromatic N) is 2. The lowest BCUT2D eigenvalue weighted by atomic mass is 10.00. The molecule has 2 heterocycles. The quantitative estimate of drug-likeness (QED) is 0.409. The van der Waals surface area contributed by atoms with Gasteiger partial charge in [0.2, 0.25) is 0 Å². The van der Waals surface area contributed by atoms with Crippen LogP contribution in [-0.4, -0.2) is 47.2 Å². The number of rotatable bonds is 7. The second-order valence-electron chi connectivity index (χ2n) is 6.75. The number of hydrogen-bond donors (Lipinski definition) is 2. The van der Waals surface area contributed by atoms with Gasteiger partial charge in [-0.25, -0.2) is 4.98 Å². The Bertz CT molecular complexity index is 1220. The maximum absolute atomic E-state index is 9.80. The van der Waals surface area contributed by atoms with E-state index in [9.17, 15) is 5.11 Å². The van der Waals surface area contributed by atoms with Gasteiger partial charge < -0.3 is 19.3 Å². The molecule has 8 heteroatoms. The second-order valence-corrected chi connectivity index (χ2v) is 7.16. The summed E-state index contributed by atoms with van der Waals surface area (Å²) >= 11 is 6.15. The summed E-state index contributed by atoms with van der Waals surface area (Å²) in [5.41, 5.74) is 2.96. The zero-order chi connectivity index (χ0) is 21.3. The van der Waals surface area contributed by atoms with Crippen LogP contribution in [0.15, 0.2) is 30.3 Å². The molecule has 0 aliphatic carbocycles. The Labute approximate surface area is 178 Å². The maximum atomic E-state index is 9.80. The van der Waals surface area contributed by atoms with Crippen LogP contribution in [0.1, 0.15) is 12.6 Å². The van der Waals surface area contributed by atoms with E-state index in [1.54, 1.807) is 25.3 Å². The molecule has 4 aromatic rings. The van der Waals surface area contributed by atoms with E-state index in [4.69, 9.17) is 30.8 Å². The van der Waals surface area contributed by atoms with Gasteiger partial charge in [-0.3, -0.25) is 5.10 Å². The highest BCUT2D eigenvalue weighted by Gasteiger charge is 2.18. The number of ether oxygens (including phenoxy) is 3. The average Bonchev–Trinajstić information content (AvgIpc) is 3.13. The maximum Gasteiger partial charge on any atom is 0.161 e. The summed E-state index contributed by atoms with van der Waals surface area (Å²) in [6, 6.07) is 8.86. The number of H-pyrrole nitrogens is 1. The Morgan fingerprint density at radius 3 is 2.63 bits per heavy atom. The van der Waals surface area contributed by atoms with Gasteiger partial charge in [0.1, 0.15) is 12.4 Å². The summed E-state index contributed by atoms with van der Waals surface area (Å²) in [7, 11) is 1.60. The van der Waals surface area contributed by atoms with Crippen LogP contribution in [0.2, 0.25) is 5.02 Å². The molecule has 2 aromatic carbocycles. The zero-order valence-corrected chi connectivity index (χ0v) is 17.7. The van der Waals surface area contributed by atoms with Crippen molar-refractivity contribution in [1.29, 1.82) is 0 Å². The zero-order valence-electron chi connectivity index (χ0n) is 17.0. The van der Waals surface area contributed by atoms with E-state index >= 15 is 0 Å². The minimum Gasteiger partial charge on any atom is -0.506 e. The fourth-order valence-electron chi connectivity index (χ4n) is 3.46. The first kappa shape index (κ1) is 20.3. The first-order valence-corrected chi connectivity index (χ1v) is 9.97. The van der Waals surface area contributed by atoms with E-state index in [1.165, 1.54) is 0 Å². The minimum atomic E-state index is 0.0192. The number of pyridine rings is 1. The Morgan fingerprint density at radius 1 is 1.10 bits per heavy atom.